The lowest BCUT2D eigenvalue weighted by Crippen LogP contribution is -2.06. The molecule has 1 aromatic carbocycles. The van der Waals surface area contributed by atoms with Gasteiger partial charge in [-0.15, -0.1) is 0 Å². The van der Waals surface area contributed by atoms with Gasteiger partial charge in [0, 0.05) is 17.2 Å². The molecule has 0 fully saturated rings. The first-order valence-electron chi connectivity index (χ1n) is 5.67. The number of benzene rings is 1. The number of aryl methyl sites for hydroxylation is 3. The number of hydrogen-bond donors (Lipinski definition) is 1. The molecule has 0 aliphatic rings. The predicted octanol–water partition coefficient (Wildman–Crippen LogP) is 4.06. The van der Waals surface area contributed by atoms with Crippen molar-refractivity contribution in [2.75, 3.05) is 5.32 Å². The molecule has 0 saturated carbocycles. The van der Waals surface area contributed by atoms with Crippen molar-refractivity contribution < 1.29 is 0 Å². The lowest BCUT2D eigenvalue weighted by Gasteiger charge is -2.10. The largest absolute Gasteiger partial charge is 0.379 e. The van der Waals surface area contributed by atoms with E-state index in [1.807, 2.05) is 24.7 Å². The van der Waals surface area contributed by atoms with E-state index in [-0.39, 0.29) is 0 Å². The molecule has 0 bridgehead atoms. The van der Waals surface area contributed by atoms with Crippen LogP contribution >= 0.6 is 27.5 Å². The summed E-state index contributed by atoms with van der Waals surface area (Å²) in [5.41, 5.74) is 4.16. The first kappa shape index (κ1) is 13.4. The number of anilines is 1. The van der Waals surface area contributed by atoms with Crippen LogP contribution in [0, 0.1) is 13.8 Å². The molecule has 0 spiro atoms. The highest BCUT2D eigenvalue weighted by atomic mass is 79.9. The molecule has 0 atom stereocenters. The zero-order valence-corrected chi connectivity index (χ0v) is 12.9. The minimum atomic E-state index is 0.660. The molecule has 18 heavy (non-hydrogen) atoms. The van der Waals surface area contributed by atoms with Gasteiger partial charge in [-0.3, -0.25) is 4.68 Å². The summed E-state index contributed by atoms with van der Waals surface area (Å²) in [5, 5.41) is 8.42. The second kappa shape index (κ2) is 5.33. The minimum Gasteiger partial charge on any atom is -0.379 e. The Labute approximate surface area is 120 Å². The molecule has 0 unspecified atom stereocenters. The van der Waals surface area contributed by atoms with Gasteiger partial charge in [0.25, 0.3) is 0 Å². The van der Waals surface area contributed by atoms with Crippen molar-refractivity contribution in [3.05, 3.63) is 44.6 Å². The van der Waals surface area contributed by atoms with Crippen molar-refractivity contribution in [1.82, 2.24) is 9.78 Å². The van der Waals surface area contributed by atoms with Crippen molar-refractivity contribution in [1.29, 1.82) is 0 Å². The second-order valence-corrected chi connectivity index (χ2v) is 5.58. The fourth-order valence-corrected chi connectivity index (χ4v) is 2.42. The van der Waals surface area contributed by atoms with E-state index < -0.39 is 0 Å². The van der Waals surface area contributed by atoms with Gasteiger partial charge in [0.1, 0.15) is 0 Å². The van der Waals surface area contributed by atoms with Crippen molar-refractivity contribution >= 4 is 33.2 Å². The summed E-state index contributed by atoms with van der Waals surface area (Å²) in [7, 11) is 1.91. The monoisotopic (exact) mass is 327 g/mol. The van der Waals surface area contributed by atoms with Crippen LogP contribution in [0.1, 0.15) is 17.0 Å². The van der Waals surface area contributed by atoms with E-state index in [9.17, 15) is 0 Å². The smallest absolute Gasteiger partial charge is 0.0865 e. The van der Waals surface area contributed by atoms with Gasteiger partial charge in [0.05, 0.1) is 23.0 Å². The lowest BCUT2D eigenvalue weighted by atomic mass is 10.2. The molecule has 0 radical (unpaired) electrons. The van der Waals surface area contributed by atoms with Gasteiger partial charge in [-0.2, -0.15) is 5.10 Å². The van der Waals surface area contributed by atoms with Crippen LogP contribution in [-0.2, 0) is 13.6 Å². The van der Waals surface area contributed by atoms with E-state index in [0.717, 1.165) is 26.6 Å². The van der Waals surface area contributed by atoms with Crippen LogP contribution in [0.25, 0.3) is 0 Å². The maximum absolute atomic E-state index is 6.22. The lowest BCUT2D eigenvalue weighted by molar-refractivity contribution is 0.713. The Balaban J connectivity index is 2.19. The molecule has 2 aromatic rings. The molecule has 1 heterocycles. The molecule has 0 aliphatic carbocycles. The maximum Gasteiger partial charge on any atom is 0.0865 e. The number of hydrogen-bond acceptors (Lipinski definition) is 2. The van der Waals surface area contributed by atoms with Crippen LogP contribution in [0.15, 0.2) is 22.7 Å². The SMILES string of the molecule is Cc1ccc(Br)cc1NCc1c(Cl)c(C)nn1C. The van der Waals surface area contributed by atoms with Crippen molar-refractivity contribution in [3.63, 3.8) is 0 Å². The molecule has 3 nitrogen and oxygen atoms in total. The maximum atomic E-state index is 6.22. The van der Waals surface area contributed by atoms with E-state index in [4.69, 9.17) is 11.6 Å². The normalized spacial score (nSPS) is 10.7. The van der Waals surface area contributed by atoms with Crippen LogP contribution in [-0.4, -0.2) is 9.78 Å². The quantitative estimate of drug-likeness (QED) is 0.920. The Morgan fingerprint density at radius 2 is 2.11 bits per heavy atom. The molecule has 0 amide bonds. The zero-order chi connectivity index (χ0) is 13.3. The molecule has 1 aromatic heterocycles. The highest BCUT2D eigenvalue weighted by Crippen LogP contribution is 2.24. The van der Waals surface area contributed by atoms with Crippen LogP contribution in [0.4, 0.5) is 5.69 Å². The van der Waals surface area contributed by atoms with Gasteiger partial charge in [-0.25, -0.2) is 0 Å². The number of nitrogens with zero attached hydrogens (tertiary/aromatic N) is 2. The Bertz CT molecular complexity index is 578. The van der Waals surface area contributed by atoms with E-state index >= 15 is 0 Å². The van der Waals surface area contributed by atoms with Gasteiger partial charge in [0.15, 0.2) is 0 Å². The molecule has 0 saturated heterocycles. The molecular formula is C13H15BrClN3. The van der Waals surface area contributed by atoms with Gasteiger partial charge in [-0.1, -0.05) is 33.6 Å². The van der Waals surface area contributed by atoms with Crippen molar-refractivity contribution in [3.8, 4) is 0 Å². The Kier molecular flexibility index (Phi) is 3.97. The second-order valence-electron chi connectivity index (χ2n) is 4.28. The minimum absolute atomic E-state index is 0.660. The predicted molar refractivity (Wildman–Crippen MR) is 79.2 cm³/mol. The van der Waals surface area contributed by atoms with Crippen LogP contribution in [0.2, 0.25) is 5.02 Å². The van der Waals surface area contributed by atoms with E-state index in [0.29, 0.717) is 6.54 Å². The number of aromatic nitrogens is 2. The Morgan fingerprint density at radius 3 is 2.72 bits per heavy atom. The van der Waals surface area contributed by atoms with E-state index in [2.05, 4.69) is 45.4 Å². The Hall–Kier alpha value is -1.00. The average Bonchev–Trinajstić information content (AvgIpc) is 2.55. The third kappa shape index (κ3) is 2.70. The summed E-state index contributed by atoms with van der Waals surface area (Å²) in [6.07, 6.45) is 0. The Morgan fingerprint density at radius 1 is 1.39 bits per heavy atom. The molecule has 0 aliphatic heterocycles. The third-order valence-electron chi connectivity index (χ3n) is 2.91. The fraction of sp³-hybridized carbons (Fsp3) is 0.308. The van der Waals surface area contributed by atoms with Crippen LogP contribution in [0.3, 0.4) is 0 Å². The number of nitrogens with one attached hydrogen (secondary N) is 1. The molecule has 2 rings (SSSR count). The number of halogens is 2. The number of rotatable bonds is 3. The van der Waals surface area contributed by atoms with Crippen LogP contribution < -0.4 is 5.32 Å². The molecular weight excluding hydrogens is 314 g/mol. The summed E-state index contributed by atoms with van der Waals surface area (Å²) < 4.78 is 2.88. The highest BCUT2D eigenvalue weighted by molar-refractivity contribution is 9.10. The van der Waals surface area contributed by atoms with Crippen molar-refractivity contribution in [2.24, 2.45) is 7.05 Å². The topological polar surface area (TPSA) is 29.9 Å². The van der Waals surface area contributed by atoms with Gasteiger partial charge in [0.2, 0.25) is 0 Å². The summed E-state index contributed by atoms with van der Waals surface area (Å²) in [5.74, 6) is 0. The van der Waals surface area contributed by atoms with Gasteiger partial charge in [-0.05, 0) is 31.5 Å². The summed E-state index contributed by atoms with van der Waals surface area (Å²) in [6.45, 7) is 4.65. The first-order chi connectivity index (χ1) is 8.49. The van der Waals surface area contributed by atoms with Gasteiger partial charge >= 0.3 is 0 Å². The summed E-state index contributed by atoms with van der Waals surface area (Å²) in [6, 6.07) is 6.16. The summed E-state index contributed by atoms with van der Waals surface area (Å²) in [4.78, 5) is 0. The fourth-order valence-electron chi connectivity index (χ4n) is 1.84. The molecule has 5 heteroatoms. The molecule has 1 N–H and O–H groups in total. The third-order valence-corrected chi connectivity index (χ3v) is 3.89. The van der Waals surface area contributed by atoms with E-state index in [1.165, 1.54) is 5.56 Å². The van der Waals surface area contributed by atoms with Crippen molar-refractivity contribution in [2.45, 2.75) is 20.4 Å². The van der Waals surface area contributed by atoms with Gasteiger partial charge < -0.3 is 5.32 Å². The standard InChI is InChI=1S/C13H15BrClN3/c1-8-4-5-10(14)6-11(8)16-7-12-13(15)9(2)17-18(12)3/h4-6,16H,7H2,1-3H3. The first-order valence-corrected chi connectivity index (χ1v) is 6.84. The van der Waals surface area contributed by atoms with Crippen LogP contribution in [0.5, 0.6) is 0 Å². The highest BCUT2D eigenvalue weighted by Gasteiger charge is 2.10. The molecule has 96 valence electrons. The summed E-state index contributed by atoms with van der Waals surface area (Å²) >= 11 is 9.69. The average molecular weight is 329 g/mol. The van der Waals surface area contributed by atoms with E-state index in [1.54, 1.807) is 0 Å². The zero-order valence-electron chi connectivity index (χ0n) is 10.6.